The number of para-hydroxylation sites is 1. The summed E-state index contributed by atoms with van der Waals surface area (Å²) in [5, 5.41) is 13.1. The van der Waals surface area contributed by atoms with Crippen LogP contribution in [0.25, 0.3) is 22.0 Å². The van der Waals surface area contributed by atoms with E-state index in [0.717, 1.165) is 33.2 Å². The first-order valence-corrected chi connectivity index (χ1v) is 10.9. The molecule has 0 saturated heterocycles. The van der Waals surface area contributed by atoms with Crippen molar-refractivity contribution >= 4 is 10.9 Å². The second-order valence-electron chi connectivity index (χ2n) is 8.04. The van der Waals surface area contributed by atoms with Gasteiger partial charge in [-0.3, -0.25) is 0 Å². The molecule has 4 heteroatoms. The molecule has 1 unspecified atom stereocenters. The summed E-state index contributed by atoms with van der Waals surface area (Å²) < 4.78 is 5.39. The molecule has 0 saturated carbocycles. The molecule has 0 spiro atoms. The number of benzene rings is 4. The lowest BCUT2D eigenvalue weighted by molar-refractivity contribution is 0.0773. The maximum atomic E-state index is 12.3. The van der Waals surface area contributed by atoms with Crippen molar-refractivity contribution in [1.29, 1.82) is 0 Å². The van der Waals surface area contributed by atoms with Crippen LogP contribution in [0.5, 0.6) is 6.01 Å². The average molecular weight is 433 g/mol. The third-order valence-corrected chi connectivity index (χ3v) is 5.93. The maximum Gasteiger partial charge on any atom is 0.317 e. The van der Waals surface area contributed by atoms with Gasteiger partial charge in [0.25, 0.3) is 0 Å². The van der Waals surface area contributed by atoms with Gasteiger partial charge in [0.1, 0.15) is 5.60 Å². The van der Waals surface area contributed by atoms with Crippen molar-refractivity contribution in [3.63, 3.8) is 0 Å². The van der Waals surface area contributed by atoms with Crippen LogP contribution >= 0.6 is 0 Å². The van der Waals surface area contributed by atoms with Crippen LogP contribution in [0.4, 0.5) is 0 Å². The summed E-state index contributed by atoms with van der Waals surface area (Å²) in [6.45, 7) is 0. The van der Waals surface area contributed by atoms with Gasteiger partial charge in [0.15, 0.2) is 0 Å². The Kier molecular flexibility index (Phi) is 5.59. The fourth-order valence-electron chi connectivity index (χ4n) is 4.24. The Balaban J connectivity index is 1.69. The summed E-state index contributed by atoms with van der Waals surface area (Å²) >= 11 is 0. The highest BCUT2D eigenvalue weighted by Crippen LogP contribution is 2.37. The molecule has 33 heavy (non-hydrogen) atoms. The fraction of sp³-hybridized carbons (Fsp3) is 0.103. The van der Waals surface area contributed by atoms with Gasteiger partial charge in [-0.25, -0.2) is 0 Å². The minimum atomic E-state index is -1.38. The van der Waals surface area contributed by atoms with Gasteiger partial charge in [-0.2, -0.15) is 9.97 Å². The molecule has 4 nitrogen and oxygen atoms in total. The fourth-order valence-corrected chi connectivity index (χ4v) is 4.24. The van der Waals surface area contributed by atoms with Gasteiger partial charge in [-0.1, -0.05) is 103 Å². The molecule has 162 valence electrons. The number of aliphatic hydroxyl groups is 1. The van der Waals surface area contributed by atoms with E-state index in [4.69, 9.17) is 4.74 Å². The molecule has 0 radical (unpaired) electrons. The van der Waals surface area contributed by atoms with Gasteiger partial charge < -0.3 is 9.84 Å². The Morgan fingerprint density at radius 3 is 2.00 bits per heavy atom. The number of rotatable bonds is 6. The number of hydrogen-bond acceptors (Lipinski definition) is 4. The number of fused-ring (bicyclic) bond motifs is 1. The molecule has 1 aromatic heterocycles. The SMILES string of the molecule is COc1nc(C(O)(Cc2ccccc2)c2ccc(-c3ccccc3)cc2)c2ccccc2n1. The minimum Gasteiger partial charge on any atom is -0.467 e. The summed E-state index contributed by atoms with van der Waals surface area (Å²) in [5.41, 5.74) is 3.86. The van der Waals surface area contributed by atoms with Crippen molar-refractivity contribution in [3.8, 4) is 17.1 Å². The second kappa shape index (κ2) is 8.85. The second-order valence-corrected chi connectivity index (χ2v) is 8.04. The Morgan fingerprint density at radius 2 is 1.30 bits per heavy atom. The average Bonchev–Trinajstić information content (AvgIpc) is 2.89. The Morgan fingerprint density at radius 1 is 0.697 bits per heavy atom. The molecule has 5 rings (SSSR count). The normalized spacial score (nSPS) is 12.9. The van der Waals surface area contributed by atoms with Crippen molar-refractivity contribution in [2.24, 2.45) is 0 Å². The zero-order chi connectivity index (χ0) is 22.7. The lowest BCUT2D eigenvalue weighted by Gasteiger charge is -2.30. The predicted octanol–water partition coefficient (Wildman–Crippen LogP) is 5.78. The highest BCUT2D eigenvalue weighted by atomic mass is 16.5. The first-order chi connectivity index (χ1) is 16.2. The highest BCUT2D eigenvalue weighted by molar-refractivity contribution is 5.82. The van der Waals surface area contributed by atoms with Crippen LogP contribution in [0.1, 0.15) is 16.8 Å². The molecule has 0 fully saturated rings. The van der Waals surface area contributed by atoms with E-state index in [0.29, 0.717) is 12.1 Å². The van der Waals surface area contributed by atoms with E-state index < -0.39 is 5.60 Å². The van der Waals surface area contributed by atoms with Crippen LogP contribution in [0.15, 0.2) is 109 Å². The molecule has 0 aliphatic carbocycles. The zero-order valence-corrected chi connectivity index (χ0v) is 18.3. The standard InChI is InChI=1S/C29H24N2O2/c1-33-28-30-26-15-9-8-14-25(26)27(31-28)29(32,20-21-10-4-2-5-11-21)24-18-16-23(17-19-24)22-12-6-3-7-13-22/h2-19,32H,20H2,1H3. The molecule has 0 aliphatic rings. The summed E-state index contributed by atoms with van der Waals surface area (Å²) in [5.74, 6) is 0. The van der Waals surface area contributed by atoms with Crippen LogP contribution in [0.2, 0.25) is 0 Å². The van der Waals surface area contributed by atoms with E-state index in [1.807, 2.05) is 97.1 Å². The molecule has 1 heterocycles. The Bertz CT molecular complexity index is 1370. The predicted molar refractivity (Wildman–Crippen MR) is 131 cm³/mol. The van der Waals surface area contributed by atoms with Crippen molar-refractivity contribution < 1.29 is 9.84 Å². The maximum absolute atomic E-state index is 12.3. The quantitative estimate of drug-likeness (QED) is 0.369. The molecule has 1 atom stereocenters. The number of methoxy groups -OCH3 is 1. The van der Waals surface area contributed by atoms with E-state index in [9.17, 15) is 5.11 Å². The van der Waals surface area contributed by atoms with Crippen LogP contribution in [-0.4, -0.2) is 22.2 Å². The van der Waals surface area contributed by atoms with Crippen molar-refractivity contribution in [1.82, 2.24) is 9.97 Å². The van der Waals surface area contributed by atoms with Gasteiger partial charge in [0.2, 0.25) is 0 Å². The molecule has 5 aromatic rings. The lowest BCUT2D eigenvalue weighted by atomic mass is 9.82. The van der Waals surface area contributed by atoms with Crippen LogP contribution < -0.4 is 4.74 Å². The van der Waals surface area contributed by atoms with Crippen molar-refractivity contribution in [2.45, 2.75) is 12.0 Å². The molecule has 4 aromatic carbocycles. The van der Waals surface area contributed by atoms with Crippen molar-refractivity contribution in [2.75, 3.05) is 7.11 Å². The van der Waals surface area contributed by atoms with Gasteiger partial charge in [0.05, 0.1) is 18.3 Å². The van der Waals surface area contributed by atoms with E-state index in [-0.39, 0.29) is 6.01 Å². The monoisotopic (exact) mass is 432 g/mol. The first kappa shape index (κ1) is 20.9. The number of hydrogen-bond donors (Lipinski definition) is 1. The zero-order valence-electron chi connectivity index (χ0n) is 18.3. The van der Waals surface area contributed by atoms with E-state index >= 15 is 0 Å². The number of nitrogens with zero attached hydrogens (tertiary/aromatic N) is 2. The largest absolute Gasteiger partial charge is 0.467 e. The van der Waals surface area contributed by atoms with Gasteiger partial charge in [-0.15, -0.1) is 0 Å². The van der Waals surface area contributed by atoms with E-state index in [1.165, 1.54) is 0 Å². The highest BCUT2D eigenvalue weighted by Gasteiger charge is 2.36. The van der Waals surface area contributed by atoms with Crippen molar-refractivity contribution in [3.05, 3.63) is 126 Å². The molecular weight excluding hydrogens is 408 g/mol. The van der Waals surface area contributed by atoms with Gasteiger partial charge >= 0.3 is 6.01 Å². The number of aromatic nitrogens is 2. The molecule has 0 amide bonds. The summed E-state index contributed by atoms with van der Waals surface area (Å²) in [7, 11) is 1.54. The van der Waals surface area contributed by atoms with Crippen LogP contribution in [0.3, 0.4) is 0 Å². The minimum absolute atomic E-state index is 0.232. The lowest BCUT2D eigenvalue weighted by Crippen LogP contribution is -2.32. The number of ether oxygens (including phenoxy) is 1. The van der Waals surface area contributed by atoms with Crippen LogP contribution in [0, 0.1) is 0 Å². The summed E-state index contributed by atoms with van der Waals surface area (Å²) in [6.07, 6.45) is 0.364. The Hall–Kier alpha value is -4.02. The first-order valence-electron chi connectivity index (χ1n) is 10.9. The molecular formula is C29H24N2O2. The van der Waals surface area contributed by atoms with E-state index in [1.54, 1.807) is 7.11 Å². The molecule has 0 bridgehead atoms. The molecule has 0 aliphatic heterocycles. The van der Waals surface area contributed by atoms with Gasteiger partial charge in [-0.05, 0) is 28.3 Å². The third kappa shape index (κ3) is 4.09. The molecule has 1 N–H and O–H groups in total. The van der Waals surface area contributed by atoms with Crippen LogP contribution in [-0.2, 0) is 12.0 Å². The Labute approximate surface area is 193 Å². The summed E-state index contributed by atoms with van der Waals surface area (Å²) in [6, 6.07) is 36.2. The summed E-state index contributed by atoms with van der Waals surface area (Å²) in [4.78, 5) is 9.14. The van der Waals surface area contributed by atoms with E-state index in [2.05, 4.69) is 22.1 Å². The third-order valence-electron chi connectivity index (χ3n) is 5.93. The topological polar surface area (TPSA) is 55.2 Å². The van der Waals surface area contributed by atoms with Gasteiger partial charge in [0, 0.05) is 11.8 Å². The smallest absolute Gasteiger partial charge is 0.317 e.